The smallest absolute Gasteiger partial charge is 0.268 e. The summed E-state index contributed by atoms with van der Waals surface area (Å²) < 4.78 is 39.3. The highest BCUT2D eigenvalue weighted by atomic mass is 32.2. The van der Waals surface area contributed by atoms with Crippen LogP contribution in [0.2, 0.25) is 0 Å². The van der Waals surface area contributed by atoms with Crippen LogP contribution in [0.15, 0.2) is 77.7 Å². The van der Waals surface area contributed by atoms with Gasteiger partial charge in [-0.25, -0.2) is 12.4 Å². The summed E-state index contributed by atoms with van der Waals surface area (Å²) in [5.41, 5.74) is 2.12. The summed E-state index contributed by atoms with van der Waals surface area (Å²) in [5, 5.41) is 10.6. The average Bonchev–Trinajstić information content (AvgIpc) is 3.18. The third kappa shape index (κ3) is 3.32. The Kier molecular flexibility index (Phi) is 5.24. The summed E-state index contributed by atoms with van der Waals surface area (Å²) >= 11 is 0. The van der Waals surface area contributed by atoms with Crippen LogP contribution in [0.4, 0.5) is 0 Å². The van der Waals surface area contributed by atoms with Crippen LogP contribution in [0.3, 0.4) is 0 Å². The topological polar surface area (TPSA) is 77.8 Å². The van der Waals surface area contributed by atoms with E-state index in [1.54, 1.807) is 87.0 Å². The Morgan fingerprint density at radius 2 is 1.53 bits per heavy atom. The molecule has 0 saturated heterocycles. The summed E-state index contributed by atoms with van der Waals surface area (Å²) in [6.45, 7) is -0.241. The molecule has 0 spiro atoms. The second-order valence-electron chi connectivity index (χ2n) is 6.72. The van der Waals surface area contributed by atoms with Gasteiger partial charge < -0.3 is 14.6 Å². The van der Waals surface area contributed by atoms with Crippen molar-refractivity contribution in [1.29, 1.82) is 0 Å². The third-order valence-electron chi connectivity index (χ3n) is 5.01. The van der Waals surface area contributed by atoms with E-state index in [2.05, 4.69) is 0 Å². The molecule has 0 radical (unpaired) electrons. The minimum absolute atomic E-state index is 0.174. The maximum atomic E-state index is 13.6. The number of fused-ring (bicyclic) bond motifs is 1. The van der Waals surface area contributed by atoms with Crippen molar-refractivity contribution in [2.75, 3.05) is 14.2 Å². The zero-order valence-electron chi connectivity index (χ0n) is 16.6. The molecule has 6 nitrogen and oxygen atoms in total. The predicted octanol–water partition coefficient (Wildman–Crippen LogP) is 4.05. The van der Waals surface area contributed by atoms with Gasteiger partial charge in [0.15, 0.2) is 0 Å². The van der Waals surface area contributed by atoms with Gasteiger partial charge in [0.1, 0.15) is 11.5 Å². The van der Waals surface area contributed by atoms with Crippen LogP contribution in [0.5, 0.6) is 11.5 Å². The van der Waals surface area contributed by atoms with Gasteiger partial charge in [0.25, 0.3) is 10.0 Å². The van der Waals surface area contributed by atoms with Crippen LogP contribution >= 0.6 is 0 Å². The standard InChI is InChI=1S/C23H21NO5S/c1-28-18-10-11-22-17(12-18)13-23(21-14-19(29-2)9-8-16(21)15-25)24(22)30(26,27)20-6-4-3-5-7-20/h3-14,25H,15H2,1-2H3. The highest BCUT2D eigenvalue weighted by Crippen LogP contribution is 2.36. The van der Waals surface area contributed by atoms with Crippen molar-refractivity contribution in [3.63, 3.8) is 0 Å². The largest absolute Gasteiger partial charge is 0.497 e. The highest BCUT2D eigenvalue weighted by Gasteiger charge is 2.25. The molecule has 0 bridgehead atoms. The zero-order chi connectivity index (χ0) is 21.3. The molecular weight excluding hydrogens is 402 g/mol. The maximum Gasteiger partial charge on any atom is 0.268 e. The van der Waals surface area contributed by atoms with E-state index < -0.39 is 10.0 Å². The lowest BCUT2D eigenvalue weighted by Crippen LogP contribution is -2.14. The second kappa shape index (κ2) is 7.85. The third-order valence-corrected chi connectivity index (χ3v) is 6.75. The number of ether oxygens (including phenoxy) is 2. The van der Waals surface area contributed by atoms with Crippen molar-refractivity contribution >= 4 is 20.9 Å². The number of aromatic nitrogens is 1. The summed E-state index contributed by atoms with van der Waals surface area (Å²) in [5.74, 6) is 1.19. The van der Waals surface area contributed by atoms with Crippen molar-refractivity contribution in [2.45, 2.75) is 11.5 Å². The fourth-order valence-electron chi connectivity index (χ4n) is 3.50. The molecule has 0 fully saturated rings. The lowest BCUT2D eigenvalue weighted by Gasteiger charge is -2.15. The molecule has 1 N–H and O–H groups in total. The van der Waals surface area contributed by atoms with Crippen molar-refractivity contribution in [3.05, 3.63) is 78.4 Å². The van der Waals surface area contributed by atoms with E-state index in [4.69, 9.17) is 9.47 Å². The van der Waals surface area contributed by atoms with Gasteiger partial charge >= 0.3 is 0 Å². The quantitative estimate of drug-likeness (QED) is 0.506. The van der Waals surface area contributed by atoms with Crippen LogP contribution in [0.25, 0.3) is 22.2 Å². The zero-order valence-corrected chi connectivity index (χ0v) is 17.4. The Bertz CT molecular complexity index is 1310. The van der Waals surface area contributed by atoms with Crippen molar-refractivity contribution in [1.82, 2.24) is 3.97 Å². The molecule has 0 unspecified atom stereocenters. The number of methoxy groups -OCH3 is 2. The molecule has 0 saturated carbocycles. The second-order valence-corrected chi connectivity index (χ2v) is 8.50. The Labute approximate surface area is 175 Å². The van der Waals surface area contributed by atoms with E-state index in [0.717, 1.165) is 0 Å². The number of hydrogen-bond donors (Lipinski definition) is 1. The van der Waals surface area contributed by atoms with Gasteiger partial charge in [-0.2, -0.15) is 0 Å². The monoisotopic (exact) mass is 423 g/mol. The minimum Gasteiger partial charge on any atom is -0.497 e. The predicted molar refractivity (Wildman–Crippen MR) is 115 cm³/mol. The van der Waals surface area contributed by atoms with Crippen LogP contribution in [0, 0.1) is 0 Å². The summed E-state index contributed by atoms with van der Waals surface area (Å²) in [6.07, 6.45) is 0. The van der Waals surface area contributed by atoms with E-state index in [0.29, 0.717) is 39.2 Å². The van der Waals surface area contributed by atoms with Crippen LogP contribution in [0.1, 0.15) is 5.56 Å². The Balaban J connectivity index is 2.09. The molecule has 0 aliphatic heterocycles. The first-order valence-corrected chi connectivity index (χ1v) is 10.7. The van der Waals surface area contributed by atoms with Gasteiger partial charge in [-0.15, -0.1) is 0 Å². The van der Waals surface area contributed by atoms with Crippen LogP contribution in [-0.4, -0.2) is 31.7 Å². The molecular formula is C23H21NO5S. The van der Waals surface area contributed by atoms with Crippen LogP contribution in [-0.2, 0) is 16.6 Å². The number of rotatable bonds is 6. The summed E-state index contributed by atoms with van der Waals surface area (Å²) in [6, 6.07) is 20.5. The fourth-order valence-corrected chi connectivity index (χ4v) is 5.05. The first-order valence-electron chi connectivity index (χ1n) is 9.28. The number of nitrogens with zero attached hydrogens (tertiary/aromatic N) is 1. The van der Waals surface area contributed by atoms with E-state index in [1.807, 2.05) is 0 Å². The number of benzene rings is 3. The summed E-state index contributed by atoms with van der Waals surface area (Å²) in [4.78, 5) is 0.174. The molecule has 3 aromatic carbocycles. The van der Waals surface area contributed by atoms with Gasteiger partial charge in [0, 0.05) is 10.9 Å². The number of aliphatic hydroxyl groups is 1. The fraction of sp³-hybridized carbons (Fsp3) is 0.130. The molecule has 1 aromatic heterocycles. The SMILES string of the molecule is COc1ccc(CO)c(-c2cc3cc(OC)ccc3n2S(=O)(=O)c2ccccc2)c1. The number of hydrogen-bond acceptors (Lipinski definition) is 5. The molecule has 0 amide bonds. The normalized spacial score (nSPS) is 11.6. The molecule has 7 heteroatoms. The molecule has 0 atom stereocenters. The Hall–Kier alpha value is -3.29. The van der Waals surface area contributed by atoms with Crippen LogP contribution < -0.4 is 9.47 Å². The van der Waals surface area contributed by atoms with Crippen molar-refractivity contribution in [3.8, 4) is 22.8 Å². The first kappa shape index (κ1) is 20.0. The lowest BCUT2D eigenvalue weighted by atomic mass is 10.0. The summed E-state index contributed by atoms with van der Waals surface area (Å²) in [7, 11) is -0.810. The van der Waals surface area contributed by atoms with Crippen molar-refractivity contribution < 1.29 is 23.0 Å². The molecule has 0 aliphatic rings. The molecule has 30 heavy (non-hydrogen) atoms. The molecule has 1 heterocycles. The van der Waals surface area contributed by atoms with Gasteiger partial charge in [-0.3, -0.25) is 0 Å². The minimum atomic E-state index is -3.91. The average molecular weight is 423 g/mol. The van der Waals surface area contributed by atoms with E-state index >= 15 is 0 Å². The number of aliphatic hydroxyl groups excluding tert-OH is 1. The molecule has 154 valence electrons. The Morgan fingerprint density at radius 1 is 0.867 bits per heavy atom. The van der Waals surface area contributed by atoms with Gasteiger partial charge in [-0.05, 0) is 54.1 Å². The van der Waals surface area contributed by atoms with Gasteiger partial charge in [0.2, 0.25) is 0 Å². The maximum absolute atomic E-state index is 13.6. The Morgan fingerprint density at radius 3 is 2.20 bits per heavy atom. The van der Waals surface area contributed by atoms with Crippen molar-refractivity contribution in [2.24, 2.45) is 0 Å². The molecule has 4 aromatic rings. The van der Waals surface area contributed by atoms with E-state index in [-0.39, 0.29) is 11.5 Å². The van der Waals surface area contributed by atoms with Gasteiger partial charge in [0.05, 0.1) is 36.9 Å². The first-order chi connectivity index (χ1) is 14.5. The van der Waals surface area contributed by atoms with E-state index in [9.17, 15) is 13.5 Å². The molecule has 0 aliphatic carbocycles. The molecule has 4 rings (SSSR count). The van der Waals surface area contributed by atoms with Gasteiger partial charge in [-0.1, -0.05) is 24.3 Å². The van der Waals surface area contributed by atoms with E-state index in [1.165, 1.54) is 3.97 Å². The lowest BCUT2D eigenvalue weighted by molar-refractivity contribution is 0.282. The highest BCUT2D eigenvalue weighted by molar-refractivity contribution is 7.90.